The number of rotatable bonds is 3. The first kappa shape index (κ1) is 30.9. The van der Waals surface area contributed by atoms with E-state index < -0.39 is 5.41 Å². The zero-order valence-electron chi connectivity index (χ0n) is 29.8. The molecule has 2 atom stereocenters. The van der Waals surface area contributed by atoms with E-state index in [2.05, 4.69) is 187 Å². The first-order valence-corrected chi connectivity index (χ1v) is 19.8. The molecule has 0 fully saturated rings. The van der Waals surface area contributed by atoms with Crippen molar-refractivity contribution < 1.29 is 0 Å². The van der Waals surface area contributed by atoms with Crippen molar-refractivity contribution in [2.24, 2.45) is 5.92 Å². The van der Waals surface area contributed by atoms with Gasteiger partial charge in [0.15, 0.2) is 5.82 Å². The monoisotopic (exact) mass is 719 g/mol. The Bertz CT molecular complexity index is 2870. The van der Waals surface area contributed by atoms with Gasteiger partial charge in [0.1, 0.15) is 5.82 Å². The molecule has 3 aliphatic carbocycles. The van der Waals surface area contributed by atoms with Crippen molar-refractivity contribution in [1.82, 2.24) is 14.5 Å². The van der Waals surface area contributed by atoms with Crippen molar-refractivity contribution >= 4 is 28.7 Å². The van der Waals surface area contributed by atoms with Gasteiger partial charge in [0.25, 0.3) is 0 Å². The third-order valence-corrected chi connectivity index (χ3v) is 13.2. The van der Waals surface area contributed by atoms with Crippen LogP contribution in [0.2, 0.25) is 0 Å². The van der Waals surface area contributed by atoms with Crippen LogP contribution in [0.3, 0.4) is 0 Å². The summed E-state index contributed by atoms with van der Waals surface area (Å²) < 4.78 is 2.41. The Balaban J connectivity index is 1.20. The second-order valence-electron chi connectivity index (χ2n) is 14.8. The number of nitrogens with zero attached hydrogens (tertiary/aromatic N) is 3. The molecule has 4 heteroatoms. The highest BCUT2D eigenvalue weighted by atomic mass is 32.2. The Morgan fingerprint density at radius 3 is 1.96 bits per heavy atom. The van der Waals surface area contributed by atoms with Crippen LogP contribution in [-0.4, -0.2) is 14.5 Å². The SMILES string of the molecule is C1=CC2C=Cc3c(c4cc5c(cc4n3-c3cc(-c4ccccc4)nc(-c4ccccc4)n3)Sc3ccccc3C53c4ccccc4-c4ccccc43)C2C=C1. The zero-order chi connectivity index (χ0) is 36.1. The Morgan fingerprint density at radius 2 is 1.20 bits per heavy atom. The summed E-state index contributed by atoms with van der Waals surface area (Å²) in [6.45, 7) is 0. The van der Waals surface area contributed by atoms with Crippen LogP contribution < -0.4 is 0 Å². The third-order valence-electron chi connectivity index (χ3n) is 12.0. The molecular formula is C51H33N3S. The van der Waals surface area contributed by atoms with Crippen molar-refractivity contribution in [2.75, 3.05) is 0 Å². The van der Waals surface area contributed by atoms with Crippen molar-refractivity contribution in [2.45, 2.75) is 21.1 Å². The predicted molar refractivity (Wildman–Crippen MR) is 225 cm³/mol. The van der Waals surface area contributed by atoms with Crippen LogP contribution in [0.5, 0.6) is 0 Å². The summed E-state index contributed by atoms with van der Waals surface area (Å²) >= 11 is 1.89. The van der Waals surface area contributed by atoms with E-state index in [1.54, 1.807) is 0 Å². The molecule has 0 saturated carbocycles. The normalized spacial score (nSPS) is 17.7. The third kappa shape index (κ3) is 4.34. The Morgan fingerprint density at radius 1 is 0.545 bits per heavy atom. The molecule has 2 aromatic heterocycles. The number of allylic oxidation sites excluding steroid dienone is 5. The van der Waals surface area contributed by atoms with Gasteiger partial charge in [-0.05, 0) is 63.2 Å². The molecule has 2 unspecified atom stereocenters. The van der Waals surface area contributed by atoms with Gasteiger partial charge in [0.2, 0.25) is 0 Å². The van der Waals surface area contributed by atoms with E-state index in [4.69, 9.17) is 9.97 Å². The van der Waals surface area contributed by atoms with E-state index in [9.17, 15) is 0 Å². The maximum atomic E-state index is 5.39. The van der Waals surface area contributed by atoms with E-state index in [1.807, 2.05) is 17.8 Å². The number of fused-ring (bicyclic) bond motifs is 14. The average molecular weight is 720 g/mol. The molecule has 3 heterocycles. The molecule has 12 rings (SSSR count). The molecule has 0 saturated heterocycles. The second kappa shape index (κ2) is 11.8. The number of benzene rings is 6. The van der Waals surface area contributed by atoms with Gasteiger partial charge in [0.05, 0.1) is 22.3 Å². The minimum Gasteiger partial charge on any atom is -0.294 e. The van der Waals surface area contributed by atoms with E-state index in [1.165, 1.54) is 59.8 Å². The summed E-state index contributed by atoms with van der Waals surface area (Å²) in [6, 6.07) is 55.2. The zero-order valence-corrected chi connectivity index (χ0v) is 30.6. The first-order valence-electron chi connectivity index (χ1n) is 19.0. The smallest absolute Gasteiger partial charge is 0.162 e. The summed E-state index contributed by atoms with van der Waals surface area (Å²) in [4.78, 5) is 13.1. The van der Waals surface area contributed by atoms with Gasteiger partial charge in [-0.15, -0.1) is 0 Å². The highest BCUT2D eigenvalue weighted by Gasteiger charge is 2.50. The molecule has 0 amide bonds. The molecule has 0 radical (unpaired) electrons. The van der Waals surface area contributed by atoms with Gasteiger partial charge in [-0.1, -0.05) is 170 Å². The Hall–Kier alpha value is -6.49. The average Bonchev–Trinajstić information content (AvgIpc) is 3.74. The molecule has 1 aliphatic heterocycles. The lowest BCUT2D eigenvalue weighted by Gasteiger charge is -2.40. The maximum absolute atomic E-state index is 5.39. The van der Waals surface area contributed by atoms with Crippen LogP contribution in [-0.2, 0) is 5.41 Å². The summed E-state index contributed by atoms with van der Waals surface area (Å²) in [5.74, 6) is 2.07. The summed E-state index contributed by atoms with van der Waals surface area (Å²) in [5, 5.41) is 1.27. The van der Waals surface area contributed by atoms with E-state index in [0.717, 1.165) is 28.2 Å². The first-order chi connectivity index (χ1) is 27.3. The summed E-state index contributed by atoms with van der Waals surface area (Å²) in [7, 11) is 0. The van der Waals surface area contributed by atoms with Gasteiger partial charge >= 0.3 is 0 Å². The van der Waals surface area contributed by atoms with Crippen molar-refractivity contribution in [3.8, 4) is 39.6 Å². The highest BCUT2D eigenvalue weighted by molar-refractivity contribution is 7.99. The fourth-order valence-electron chi connectivity index (χ4n) is 9.76. The fraction of sp³-hybridized carbons (Fsp3) is 0.0588. The molecule has 6 aromatic carbocycles. The van der Waals surface area contributed by atoms with Gasteiger partial charge in [0, 0.05) is 44.2 Å². The molecule has 0 N–H and O–H groups in total. The minimum absolute atomic E-state index is 0.207. The quantitative estimate of drug-likeness (QED) is 0.182. The topological polar surface area (TPSA) is 30.7 Å². The fourth-order valence-corrected chi connectivity index (χ4v) is 11.0. The molecule has 3 nitrogen and oxygen atoms in total. The molecular weight excluding hydrogens is 687 g/mol. The summed E-state index contributed by atoms with van der Waals surface area (Å²) in [6.07, 6.45) is 13.8. The number of aromatic nitrogens is 3. The second-order valence-corrected chi connectivity index (χ2v) is 15.9. The van der Waals surface area contributed by atoms with Crippen LogP contribution in [0.4, 0.5) is 0 Å². The molecule has 55 heavy (non-hydrogen) atoms. The van der Waals surface area contributed by atoms with Crippen LogP contribution in [0.25, 0.3) is 56.6 Å². The van der Waals surface area contributed by atoms with Crippen molar-refractivity contribution in [3.05, 3.63) is 216 Å². The number of hydrogen-bond donors (Lipinski definition) is 0. The molecule has 4 aliphatic rings. The molecule has 1 spiro atoms. The van der Waals surface area contributed by atoms with Crippen LogP contribution in [0, 0.1) is 5.92 Å². The molecule has 258 valence electrons. The lowest BCUT2D eigenvalue weighted by Crippen LogP contribution is -2.32. The van der Waals surface area contributed by atoms with Gasteiger partial charge in [-0.25, -0.2) is 9.97 Å². The number of hydrogen-bond acceptors (Lipinski definition) is 3. The van der Waals surface area contributed by atoms with Gasteiger partial charge < -0.3 is 0 Å². The Kier molecular flexibility index (Phi) is 6.61. The lowest BCUT2D eigenvalue weighted by molar-refractivity contribution is 0.692. The van der Waals surface area contributed by atoms with Crippen LogP contribution >= 0.6 is 11.8 Å². The highest BCUT2D eigenvalue weighted by Crippen LogP contribution is 2.63. The van der Waals surface area contributed by atoms with Crippen LogP contribution in [0.15, 0.2) is 192 Å². The minimum atomic E-state index is -0.449. The van der Waals surface area contributed by atoms with Crippen molar-refractivity contribution in [1.29, 1.82) is 0 Å². The maximum Gasteiger partial charge on any atom is 0.162 e. The van der Waals surface area contributed by atoms with E-state index in [-0.39, 0.29) is 11.8 Å². The van der Waals surface area contributed by atoms with Crippen molar-refractivity contribution in [3.63, 3.8) is 0 Å². The molecule has 0 bridgehead atoms. The Labute approximate surface area is 324 Å². The van der Waals surface area contributed by atoms with Gasteiger partial charge in [-0.2, -0.15) is 0 Å². The predicted octanol–water partition coefficient (Wildman–Crippen LogP) is 12.4. The van der Waals surface area contributed by atoms with E-state index >= 15 is 0 Å². The standard InChI is InChI=1S/C51H33N3S/c1-3-16-33(17-4-1)43-30-48(53-50(52-43)34-18-5-2-6-19-34)54-44-28-27-32-15-7-8-20-35(32)49(44)38-29-42-47(31-45(38)54)55-46-26-14-13-25-41(46)51(42)39-23-11-9-21-36(39)37-22-10-12-24-40(37)51/h1-32,35H. The van der Waals surface area contributed by atoms with Crippen LogP contribution in [0.1, 0.15) is 39.4 Å². The van der Waals surface area contributed by atoms with Gasteiger partial charge in [-0.3, -0.25) is 4.57 Å². The summed E-state index contributed by atoms with van der Waals surface area (Å²) in [5.41, 5.74) is 14.2. The van der Waals surface area contributed by atoms with E-state index in [0.29, 0.717) is 5.82 Å². The largest absolute Gasteiger partial charge is 0.294 e. The lowest BCUT2D eigenvalue weighted by atomic mass is 9.67. The molecule has 8 aromatic rings.